The second kappa shape index (κ2) is 2.72. The van der Waals surface area contributed by atoms with Crippen molar-refractivity contribution in [3.8, 4) is 0 Å². The lowest BCUT2D eigenvalue weighted by atomic mass is 10.4. The third kappa shape index (κ3) is 3.84. The maximum atomic E-state index is 11.8. The Morgan fingerprint density at radius 2 is 2.22 bits per heavy atom. The first kappa shape index (κ1) is 8.29. The van der Waals surface area contributed by atoms with Crippen LogP contribution in [0.25, 0.3) is 0 Å². The summed E-state index contributed by atoms with van der Waals surface area (Å²) in [5.74, 6) is -1.83. The highest BCUT2D eigenvalue weighted by Gasteiger charge is 2.27. The van der Waals surface area contributed by atoms with Crippen LogP contribution in [0, 0.1) is 0 Å². The molecular weight excluding hydrogens is 134 g/mol. The van der Waals surface area contributed by atoms with Crippen LogP contribution in [0.1, 0.15) is 6.42 Å². The monoisotopic (exact) mass is 139 g/mol. The van der Waals surface area contributed by atoms with Gasteiger partial charge in [0.05, 0.1) is 12.4 Å². The highest BCUT2D eigenvalue weighted by atomic mass is 19.3. The van der Waals surface area contributed by atoms with E-state index in [0.29, 0.717) is 0 Å². The van der Waals surface area contributed by atoms with Gasteiger partial charge in [0.1, 0.15) is 0 Å². The molecule has 0 unspecified atom stereocenters. The number of ether oxygens (including phenoxy) is 1. The first-order valence-electron chi connectivity index (χ1n) is 2.11. The quantitative estimate of drug-likeness (QED) is 0.522. The van der Waals surface area contributed by atoms with E-state index in [2.05, 4.69) is 4.74 Å². The molecular formula is C4H5F2O3-. The van der Waals surface area contributed by atoms with Crippen LogP contribution in [0.5, 0.6) is 0 Å². The molecule has 9 heavy (non-hydrogen) atoms. The maximum Gasteiger partial charge on any atom is 0.360 e. The van der Waals surface area contributed by atoms with Crippen molar-refractivity contribution >= 4 is 5.97 Å². The average Bonchev–Trinajstić information content (AvgIpc) is 1.63. The number of alkyl halides is 2. The zero-order valence-electron chi connectivity index (χ0n) is 4.69. The lowest BCUT2D eigenvalue weighted by Crippen LogP contribution is -2.32. The van der Waals surface area contributed by atoms with E-state index >= 15 is 0 Å². The zero-order chi connectivity index (χ0) is 7.49. The molecule has 0 rings (SSSR count). The minimum absolute atomic E-state index is 0.725. The van der Waals surface area contributed by atoms with Crippen LogP contribution in [-0.2, 0) is 9.53 Å². The number of carboxylic acids is 1. The number of rotatable bonds is 3. The van der Waals surface area contributed by atoms with Gasteiger partial charge in [-0.3, -0.25) is 0 Å². The van der Waals surface area contributed by atoms with Crippen molar-refractivity contribution in [1.29, 1.82) is 0 Å². The smallest absolute Gasteiger partial charge is 0.360 e. The Bertz CT molecular complexity index is 112. The van der Waals surface area contributed by atoms with Gasteiger partial charge in [-0.15, -0.1) is 0 Å². The molecule has 0 N–H and O–H groups in total. The first-order valence-corrected chi connectivity index (χ1v) is 2.11. The van der Waals surface area contributed by atoms with E-state index in [0.717, 1.165) is 7.11 Å². The number of halogens is 2. The summed E-state index contributed by atoms with van der Waals surface area (Å²) in [6.45, 7) is 0. The number of carboxylic acid groups (broad SMARTS) is 1. The summed E-state index contributed by atoms with van der Waals surface area (Å²) in [7, 11) is 0.725. The number of carbonyl (C=O) groups excluding carboxylic acids is 1. The molecule has 0 amide bonds. The van der Waals surface area contributed by atoms with Gasteiger partial charge in [0.15, 0.2) is 0 Å². The predicted molar refractivity (Wildman–Crippen MR) is 21.6 cm³/mol. The lowest BCUT2D eigenvalue weighted by molar-refractivity contribution is -0.321. The van der Waals surface area contributed by atoms with Gasteiger partial charge in [-0.25, -0.2) is 0 Å². The largest absolute Gasteiger partial charge is 0.550 e. The Morgan fingerprint density at radius 3 is 2.33 bits per heavy atom. The van der Waals surface area contributed by atoms with Crippen molar-refractivity contribution in [1.82, 2.24) is 0 Å². The molecule has 0 aromatic rings. The van der Waals surface area contributed by atoms with Gasteiger partial charge in [-0.1, -0.05) is 0 Å². The fraction of sp³-hybridized carbons (Fsp3) is 0.750. The first-order chi connectivity index (χ1) is 3.98. The molecule has 0 aromatic carbocycles. The minimum Gasteiger partial charge on any atom is -0.550 e. The van der Waals surface area contributed by atoms with E-state index in [4.69, 9.17) is 0 Å². The molecule has 0 fully saturated rings. The normalized spacial score (nSPS) is 11.4. The van der Waals surface area contributed by atoms with E-state index in [9.17, 15) is 18.7 Å². The van der Waals surface area contributed by atoms with Gasteiger partial charge in [0.25, 0.3) is 0 Å². The molecule has 0 bridgehead atoms. The molecule has 0 saturated heterocycles. The maximum absolute atomic E-state index is 11.8. The summed E-state index contributed by atoms with van der Waals surface area (Å²) in [5.41, 5.74) is 0. The van der Waals surface area contributed by atoms with Crippen LogP contribution >= 0.6 is 0 Å². The molecule has 3 nitrogen and oxygen atoms in total. The van der Waals surface area contributed by atoms with E-state index in [1.165, 1.54) is 0 Å². The average molecular weight is 139 g/mol. The lowest BCUT2D eigenvalue weighted by Gasteiger charge is -2.13. The molecule has 0 aliphatic rings. The highest BCUT2D eigenvalue weighted by Crippen LogP contribution is 2.17. The summed E-state index contributed by atoms with van der Waals surface area (Å²) in [4.78, 5) is 9.50. The summed E-state index contributed by atoms with van der Waals surface area (Å²) in [5, 5.41) is 9.50. The number of hydrogen-bond acceptors (Lipinski definition) is 3. The molecule has 54 valence electrons. The van der Waals surface area contributed by atoms with Gasteiger partial charge in [-0.2, -0.15) is 8.78 Å². The van der Waals surface area contributed by atoms with Crippen molar-refractivity contribution in [2.45, 2.75) is 12.5 Å². The molecule has 0 atom stereocenters. The van der Waals surface area contributed by atoms with Crippen molar-refractivity contribution in [3.05, 3.63) is 0 Å². The summed E-state index contributed by atoms with van der Waals surface area (Å²) in [6.07, 6.45) is -5.00. The second-order valence-corrected chi connectivity index (χ2v) is 1.39. The standard InChI is InChI=1S/C4H6F2O3/c1-9-4(5,6)2-3(7)8/h2H2,1H3,(H,7,8)/p-1. The van der Waals surface area contributed by atoms with Crippen LogP contribution < -0.4 is 5.11 Å². The predicted octanol–water partition coefficient (Wildman–Crippen LogP) is -0.634. The molecule has 0 aliphatic carbocycles. The summed E-state index contributed by atoms with van der Waals surface area (Å²) < 4.78 is 27.0. The van der Waals surface area contributed by atoms with Crippen LogP contribution in [-0.4, -0.2) is 19.2 Å². The van der Waals surface area contributed by atoms with Crippen molar-refractivity contribution in [2.24, 2.45) is 0 Å². The Labute approximate surface area is 50.2 Å². The number of carbonyl (C=O) groups is 1. The molecule has 0 heterocycles. The van der Waals surface area contributed by atoms with E-state index in [1.54, 1.807) is 0 Å². The van der Waals surface area contributed by atoms with Gasteiger partial charge in [-0.05, 0) is 0 Å². The van der Waals surface area contributed by atoms with Gasteiger partial charge in [0, 0.05) is 7.11 Å². The molecule has 0 spiro atoms. The fourth-order valence-electron chi connectivity index (χ4n) is 0.240. The Balaban J connectivity index is 3.71. The SMILES string of the molecule is COC(F)(F)CC(=O)[O-]. The van der Waals surface area contributed by atoms with Gasteiger partial charge >= 0.3 is 6.11 Å². The van der Waals surface area contributed by atoms with Crippen molar-refractivity contribution < 1.29 is 23.4 Å². The fourth-order valence-corrected chi connectivity index (χ4v) is 0.240. The number of hydrogen-bond donors (Lipinski definition) is 0. The Morgan fingerprint density at radius 1 is 1.78 bits per heavy atom. The molecule has 0 saturated carbocycles. The molecule has 0 aromatic heterocycles. The third-order valence-corrected chi connectivity index (χ3v) is 0.649. The van der Waals surface area contributed by atoms with Gasteiger partial charge < -0.3 is 14.6 Å². The minimum atomic E-state index is -3.60. The zero-order valence-corrected chi connectivity index (χ0v) is 4.69. The molecule has 0 radical (unpaired) electrons. The van der Waals surface area contributed by atoms with Crippen LogP contribution in [0.15, 0.2) is 0 Å². The van der Waals surface area contributed by atoms with Crippen molar-refractivity contribution in [3.63, 3.8) is 0 Å². The topological polar surface area (TPSA) is 49.4 Å². The van der Waals surface area contributed by atoms with E-state index in [-0.39, 0.29) is 0 Å². The third-order valence-electron chi connectivity index (χ3n) is 0.649. The van der Waals surface area contributed by atoms with Gasteiger partial charge in [0.2, 0.25) is 0 Å². The Kier molecular flexibility index (Phi) is 2.51. The van der Waals surface area contributed by atoms with E-state index < -0.39 is 18.5 Å². The van der Waals surface area contributed by atoms with Crippen molar-refractivity contribution in [2.75, 3.05) is 7.11 Å². The van der Waals surface area contributed by atoms with Crippen LogP contribution in [0.4, 0.5) is 8.78 Å². The summed E-state index contributed by atoms with van der Waals surface area (Å²) >= 11 is 0. The van der Waals surface area contributed by atoms with Crippen LogP contribution in [0.2, 0.25) is 0 Å². The summed E-state index contributed by atoms with van der Waals surface area (Å²) in [6, 6.07) is 0. The number of methoxy groups -OCH3 is 1. The van der Waals surface area contributed by atoms with E-state index in [1.807, 2.05) is 0 Å². The molecule has 0 aliphatic heterocycles. The highest BCUT2D eigenvalue weighted by molar-refractivity contribution is 5.64. The number of aliphatic carboxylic acids is 1. The second-order valence-electron chi connectivity index (χ2n) is 1.39. The molecule has 5 heteroatoms. The Hall–Kier alpha value is -0.710. The van der Waals surface area contributed by atoms with Crippen LogP contribution in [0.3, 0.4) is 0 Å².